The van der Waals surface area contributed by atoms with Gasteiger partial charge in [-0.3, -0.25) is 14.4 Å². The van der Waals surface area contributed by atoms with E-state index in [4.69, 9.17) is 24.2 Å². The van der Waals surface area contributed by atoms with Crippen LogP contribution in [0.2, 0.25) is 0 Å². The monoisotopic (exact) mass is 664 g/mol. The molecule has 0 spiro atoms. The van der Waals surface area contributed by atoms with Crippen molar-refractivity contribution in [2.24, 2.45) is 5.92 Å². The minimum absolute atomic E-state index is 0.0956. The highest BCUT2D eigenvalue weighted by Crippen LogP contribution is 2.35. The zero-order chi connectivity index (χ0) is 33.5. The minimum atomic E-state index is -0.693. The van der Waals surface area contributed by atoms with Crippen molar-refractivity contribution in [2.75, 3.05) is 69.5 Å². The van der Waals surface area contributed by atoms with E-state index in [9.17, 15) is 19.2 Å². The number of hydrogen-bond acceptors (Lipinski definition) is 11. The number of anilines is 2. The van der Waals surface area contributed by atoms with Gasteiger partial charge in [0.2, 0.25) is 22.9 Å². The van der Waals surface area contributed by atoms with Crippen LogP contribution in [0, 0.1) is 5.92 Å². The van der Waals surface area contributed by atoms with E-state index in [1.165, 1.54) is 14.2 Å². The highest BCUT2D eigenvalue weighted by Gasteiger charge is 2.37. The number of carbonyl (C=O) groups excluding carboxylic acids is 4. The summed E-state index contributed by atoms with van der Waals surface area (Å²) in [5.74, 6) is 0.902. The van der Waals surface area contributed by atoms with Gasteiger partial charge in [-0.25, -0.2) is 9.78 Å². The first-order chi connectivity index (χ1) is 22.7. The molecule has 5 rings (SSSR count). The molecule has 2 unspecified atom stereocenters. The molecule has 3 heterocycles. The molecule has 13 nitrogen and oxygen atoms in total. The molecule has 2 atom stereocenters. The molecule has 1 aromatic heterocycles. The van der Waals surface area contributed by atoms with Crippen LogP contribution in [-0.2, 0) is 14.3 Å². The van der Waals surface area contributed by atoms with E-state index in [0.29, 0.717) is 91.8 Å². The standard InChI is InChI=1S/C33H40N6O7S/c1-5-46-33(43)38-16-14-37(15-17-38)32-34-24-19-27(45-4)26(44-3)18-23(24)28(36-32)35-29(40)25-12-9-13-39(25)30(41)21(2)20-47-31(42)22-10-7-6-8-11-22/h6-8,10-11,18-19,21,25H,5,9,12-17,20H2,1-4H3,(H,34,35,36,40). The van der Waals surface area contributed by atoms with E-state index >= 15 is 0 Å². The molecule has 0 aliphatic carbocycles. The summed E-state index contributed by atoms with van der Waals surface area (Å²) >= 11 is 1.10. The molecule has 2 aromatic carbocycles. The lowest BCUT2D eigenvalue weighted by molar-refractivity contribution is -0.139. The number of carbonyl (C=O) groups is 4. The number of benzene rings is 2. The topological polar surface area (TPSA) is 144 Å². The lowest BCUT2D eigenvalue weighted by Gasteiger charge is -2.34. The second kappa shape index (κ2) is 15.3. The van der Waals surface area contributed by atoms with E-state index in [2.05, 4.69) is 5.32 Å². The smallest absolute Gasteiger partial charge is 0.409 e. The molecule has 250 valence electrons. The third kappa shape index (κ3) is 7.70. The van der Waals surface area contributed by atoms with Crippen LogP contribution in [0.25, 0.3) is 10.9 Å². The predicted octanol–water partition coefficient (Wildman–Crippen LogP) is 4.06. The average molecular weight is 665 g/mol. The number of fused-ring (bicyclic) bond motifs is 1. The van der Waals surface area contributed by atoms with Crippen molar-refractivity contribution < 1.29 is 33.4 Å². The van der Waals surface area contributed by atoms with E-state index in [-0.39, 0.29) is 28.8 Å². The summed E-state index contributed by atoms with van der Waals surface area (Å²) in [5.41, 5.74) is 1.12. The van der Waals surface area contributed by atoms with Crippen LogP contribution in [0.4, 0.5) is 16.6 Å². The minimum Gasteiger partial charge on any atom is -0.493 e. The molecule has 3 amide bonds. The van der Waals surface area contributed by atoms with Crippen molar-refractivity contribution in [3.05, 3.63) is 48.0 Å². The fraction of sp³-hybridized carbons (Fsp3) is 0.455. The third-order valence-corrected chi connectivity index (χ3v) is 9.42. The second-order valence-corrected chi connectivity index (χ2v) is 12.3. The van der Waals surface area contributed by atoms with E-state index in [1.54, 1.807) is 60.0 Å². The maximum atomic E-state index is 13.8. The molecule has 2 fully saturated rings. The Morgan fingerprint density at radius 2 is 1.68 bits per heavy atom. The quantitative estimate of drug-likeness (QED) is 0.335. The van der Waals surface area contributed by atoms with Gasteiger partial charge in [0.25, 0.3) is 0 Å². The number of methoxy groups -OCH3 is 2. The van der Waals surface area contributed by atoms with Gasteiger partial charge >= 0.3 is 6.09 Å². The summed E-state index contributed by atoms with van der Waals surface area (Å²) < 4.78 is 16.2. The fourth-order valence-corrected chi connectivity index (χ4v) is 6.55. The Labute approximate surface area is 277 Å². The molecular formula is C33H40N6O7S. The highest BCUT2D eigenvalue weighted by molar-refractivity contribution is 8.14. The third-order valence-electron chi connectivity index (χ3n) is 8.25. The predicted molar refractivity (Wildman–Crippen MR) is 179 cm³/mol. The van der Waals surface area contributed by atoms with Crippen LogP contribution in [0.5, 0.6) is 11.5 Å². The Hall–Kier alpha value is -4.59. The van der Waals surface area contributed by atoms with Gasteiger partial charge < -0.3 is 34.2 Å². The van der Waals surface area contributed by atoms with Crippen molar-refractivity contribution >= 4 is 57.5 Å². The van der Waals surface area contributed by atoms with Crippen molar-refractivity contribution in [2.45, 2.75) is 32.7 Å². The maximum absolute atomic E-state index is 13.8. The average Bonchev–Trinajstić information content (AvgIpc) is 3.60. The Kier molecular flexibility index (Phi) is 11.0. The summed E-state index contributed by atoms with van der Waals surface area (Å²) in [7, 11) is 3.06. The van der Waals surface area contributed by atoms with E-state index in [0.717, 1.165) is 11.8 Å². The van der Waals surface area contributed by atoms with Crippen molar-refractivity contribution in [1.82, 2.24) is 19.8 Å². The number of likely N-dealkylation sites (tertiary alicyclic amines) is 1. The molecule has 2 aliphatic rings. The van der Waals surface area contributed by atoms with Gasteiger partial charge in [-0.05, 0) is 25.8 Å². The normalized spacial score (nSPS) is 16.9. The van der Waals surface area contributed by atoms with Crippen LogP contribution in [-0.4, -0.2) is 108 Å². The number of aromatic nitrogens is 2. The number of nitrogens with zero attached hydrogens (tertiary/aromatic N) is 5. The molecule has 2 aliphatic heterocycles. The Balaban J connectivity index is 1.34. The van der Waals surface area contributed by atoms with Gasteiger partial charge in [0.05, 0.1) is 26.3 Å². The molecule has 14 heteroatoms. The molecule has 1 N–H and O–H groups in total. The lowest BCUT2D eigenvalue weighted by Crippen LogP contribution is -2.49. The number of thioether (sulfide) groups is 1. The van der Waals surface area contributed by atoms with Crippen LogP contribution < -0.4 is 19.7 Å². The van der Waals surface area contributed by atoms with Gasteiger partial charge in [-0.1, -0.05) is 49.0 Å². The van der Waals surface area contributed by atoms with Gasteiger partial charge in [0, 0.05) is 61.4 Å². The summed E-state index contributed by atoms with van der Waals surface area (Å²) in [5, 5.41) is 3.43. The molecule has 3 aromatic rings. The number of amides is 3. The van der Waals surface area contributed by atoms with Crippen molar-refractivity contribution in [3.63, 3.8) is 0 Å². The number of nitrogens with one attached hydrogen (secondary N) is 1. The summed E-state index contributed by atoms with van der Waals surface area (Å²) in [4.78, 5) is 66.9. The van der Waals surface area contributed by atoms with E-state index < -0.39 is 12.0 Å². The summed E-state index contributed by atoms with van der Waals surface area (Å²) in [6, 6.07) is 11.7. The van der Waals surface area contributed by atoms with Gasteiger partial charge in [-0.2, -0.15) is 4.98 Å². The molecule has 2 saturated heterocycles. The Bertz CT molecular complexity index is 1620. The van der Waals surface area contributed by atoms with Crippen LogP contribution in [0.3, 0.4) is 0 Å². The van der Waals surface area contributed by atoms with Crippen LogP contribution in [0.1, 0.15) is 37.0 Å². The van der Waals surface area contributed by atoms with E-state index in [1.807, 2.05) is 11.0 Å². The van der Waals surface area contributed by atoms with Gasteiger partial charge in [0.1, 0.15) is 11.9 Å². The highest BCUT2D eigenvalue weighted by atomic mass is 32.2. The maximum Gasteiger partial charge on any atom is 0.409 e. The van der Waals surface area contributed by atoms with Crippen LogP contribution >= 0.6 is 11.8 Å². The molecule has 0 radical (unpaired) electrons. The van der Waals surface area contributed by atoms with Crippen LogP contribution in [0.15, 0.2) is 42.5 Å². The van der Waals surface area contributed by atoms with Crippen molar-refractivity contribution in [1.29, 1.82) is 0 Å². The largest absolute Gasteiger partial charge is 0.493 e. The number of rotatable bonds is 10. The van der Waals surface area contributed by atoms with Gasteiger partial charge in [-0.15, -0.1) is 0 Å². The first kappa shape index (κ1) is 33.8. The molecule has 0 saturated carbocycles. The zero-order valence-electron chi connectivity index (χ0n) is 27.1. The van der Waals surface area contributed by atoms with Gasteiger partial charge in [0.15, 0.2) is 11.5 Å². The lowest BCUT2D eigenvalue weighted by atomic mass is 10.1. The first-order valence-electron chi connectivity index (χ1n) is 15.7. The molecule has 47 heavy (non-hydrogen) atoms. The summed E-state index contributed by atoms with van der Waals surface area (Å²) in [6.07, 6.45) is 0.823. The van der Waals surface area contributed by atoms with Crippen molar-refractivity contribution in [3.8, 4) is 11.5 Å². The number of ether oxygens (including phenoxy) is 3. The number of piperazine rings is 1. The number of hydrogen-bond donors (Lipinski definition) is 1. The Morgan fingerprint density at radius 1 is 0.979 bits per heavy atom. The fourth-order valence-electron chi connectivity index (χ4n) is 5.70. The molecular weight excluding hydrogens is 624 g/mol. The second-order valence-electron chi connectivity index (χ2n) is 11.3. The molecule has 0 bridgehead atoms. The zero-order valence-corrected chi connectivity index (χ0v) is 27.9. The first-order valence-corrected chi connectivity index (χ1v) is 16.7. The summed E-state index contributed by atoms with van der Waals surface area (Å²) in [6.45, 7) is 6.11. The SMILES string of the molecule is CCOC(=O)N1CCN(c2nc(NC(=O)C3CCCN3C(=O)C(C)CSC(=O)c3ccccc3)c3cc(OC)c(OC)cc3n2)CC1. The Morgan fingerprint density at radius 3 is 2.36 bits per heavy atom.